The zero-order valence-corrected chi connectivity index (χ0v) is 14.3. The normalized spacial score (nSPS) is 16.8. The van der Waals surface area contributed by atoms with E-state index in [1.54, 1.807) is 35.3 Å². The smallest absolute Gasteiger partial charge is 0.304 e. The minimum absolute atomic E-state index is 0.177. The fourth-order valence-corrected chi connectivity index (χ4v) is 3.46. The zero-order valence-electron chi connectivity index (χ0n) is 13.5. The zero-order chi connectivity index (χ0) is 18.0. The van der Waals surface area contributed by atoms with Crippen LogP contribution in [0.1, 0.15) is 15.4 Å². The second kappa shape index (κ2) is 7.11. The molecule has 2 heterocycles. The molecule has 1 fully saturated rings. The highest BCUT2D eigenvalue weighted by molar-refractivity contribution is 7.17. The second-order valence-corrected chi connectivity index (χ2v) is 6.79. The highest BCUT2D eigenvalue weighted by atomic mass is 32.1. The van der Waals surface area contributed by atoms with E-state index < -0.39 is 22.7 Å². The lowest BCUT2D eigenvalue weighted by atomic mass is 10.2. The van der Waals surface area contributed by atoms with Gasteiger partial charge in [-0.05, 0) is 7.05 Å². The number of nitrogens with zero attached hydrogens (tertiary/aromatic N) is 3. The van der Waals surface area contributed by atoms with Gasteiger partial charge in [-0.2, -0.15) is 13.2 Å². The van der Waals surface area contributed by atoms with E-state index in [0.29, 0.717) is 18.7 Å². The maximum absolute atomic E-state index is 13.3. The van der Waals surface area contributed by atoms with Crippen molar-refractivity contribution < 1.29 is 18.0 Å². The predicted octanol–water partition coefficient (Wildman–Crippen LogP) is 2.72. The van der Waals surface area contributed by atoms with E-state index in [-0.39, 0.29) is 5.01 Å². The fraction of sp³-hybridized carbons (Fsp3) is 0.375. The third-order valence-corrected chi connectivity index (χ3v) is 4.99. The maximum Gasteiger partial charge on any atom is 0.435 e. The van der Waals surface area contributed by atoms with Crippen LogP contribution in [-0.2, 0) is 6.18 Å². The number of benzene rings is 1. The van der Waals surface area contributed by atoms with Crippen LogP contribution in [0.2, 0.25) is 0 Å². The number of carbonyl (C=O) groups is 1. The van der Waals surface area contributed by atoms with Gasteiger partial charge in [-0.3, -0.25) is 10.2 Å². The van der Waals surface area contributed by atoms with Crippen LogP contribution < -0.4 is 5.43 Å². The number of nitrogens with one attached hydrogen (secondary N) is 1. The molecule has 0 spiro atoms. The highest BCUT2D eigenvalue weighted by Crippen LogP contribution is 2.37. The minimum Gasteiger partial charge on any atom is -0.304 e. The number of hydrogen-bond acceptors (Lipinski definition) is 5. The Balaban J connectivity index is 1.86. The van der Waals surface area contributed by atoms with E-state index in [0.717, 1.165) is 24.4 Å². The molecule has 1 aliphatic heterocycles. The third-order valence-electron chi connectivity index (χ3n) is 3.89. The van der Waals surface area contributed by atoms with Crippen LogP contribution in [0.3, 0.4) is 0 Å². The number of alkyl halides is 3. The Morgan fingerprint density at radius 1 is 1.16 bits per heavy atom. The summed E-state index contributed by atoms with van der Waals surface area (Å²) in [5.74, 6) is -0.767. The summed E-state index contributed by atoms with van der Waals surface area (Å²) in [5.41, 5.74) is 1.99. The van der Waals surface area contributed by atoms with Gasteiger partial charge in [-0.1, -0.05) is 30.3 Å². The largest absolute Gasteiger partial charge is 0.435 e. The molecular weight excluding hydrogens is 353 g/mol. The summed E-state index contributed by atoms with van der Waals surface area (Å²) in [5, 5.41) is 1.82. The molecule has 25 heavy (non-hydrogen) atoms. The molecule has 3 rings (SSSR count). The first kappa shape index (κ1) is 17.8. The van der Waals surface area contributed by atoms with Crippen LogP contribution in [0.5, 0.6) is 0 Å². The lowest BCUT2D eigenvalue weighted by Crippen LogP contribution is -2.52. The van der Waals surface area contributed by atoms with Crippen LogP contribution in [0, 0.1) is 0 Å². The Morgan fingerprint density at radius 2 is 1.80 bits per heavy atom. The first-order valence-corrected chi connectivity index (χ1v) is 8.54. The summed E-state index contributed by atoms with van der Waals surface area (Å²) < 4.78 is 39.9. The molecule has 0 saturated carbocycles. The molecule has 5 nitrogen and oxygen atoms in total. The molecule has 1 aliphatic rings. The van der Waals surface area contributed by atoms with Gasteiger partial charge in [0.1, 0.15) is 9.88 Å². The van der Waals surface area contributed by atoms with Gasteiger partial charge < -0.3 is 4.90 Å². The van der Waals surface area contributed by atoms with Crippen LogP contribution in [-0.4, -0.2) is 54.0 Å². The van der Waals surface area contributed by atoms with Crippen LogP contribution in [0.25, 0.3) is 10.6 Å². The van der Waals surface area contributed by atoms with Crippen molar-refractivity contribution in [3.05, 3.63) is 40.9 Å². The van der Waals surface area contributed by atoms with E-state index in [9.17, 15) is 18.0 Å². The number of hydrogen-bond donors (Lipinski definition) is 1. The molecular formula is C16H17F3N4OS. The minimum atomic E-state index is -4.68. The van der Waals surface area contributed by atoms with Crippen molar-refractivity contribution in [2.45, 2.75) is 6.18 Å². The van der Waals surface area contributed by atoms with E-state index in [4.69, 9.17) is 0 Å². The van der Waals surface area contributed by atoms with Crippen molar-refractivity contribution in [1.82, 2.24) is 20.3 Å². The molecule has 0 bridgehead atoms. The SMILES string of the molecule is CN1CCN(NC(=O)c2sc(-c3ccccc3)nc2C(F)(F)F)CC1. The number of aromatic nitrogens is 1. The molecule has 0 unspecified atom stereocenters. The lowest BCUT2D eigenvalue weighted by molar-refractivity contribution is -0.141. The first-order valence-electron chi connectivity index (χ1n) is 7.72. The number of halogens is 3. The molecule has 1 saturated heterocycles. The quantitative estimate of drug-likeness (QED) is 0.903. The fourth-order valence-electron chi connectivity index (χ4n) is 2.48. The standard InChI is InChI=1S/C16H17F3N4OS/c1-22-7-9-23(10-8-22)21-14(24)12-13(16(17,18)19)20-15(25-12)11-5-3-2-4-6-11/h2-6H,7-10H2,1H3,(H,21,24). The number of amides is 1. The van der Waals surface area contributed by atoms with Gasteiger partial charge in [0.05, 0.1) is 0 Å². The monoisotopic (exact) mass is 370 g/mol. The molecule has 0 radical (unpaired) electrons. The Hall–Kier alpha value is -1.97. The topological polar surface area (TPSA) is 48.5 Å². The van der Waals surface area contributed by atoms with Crippen molar-refractivity contribution in [1.29, 1.82) is 0 Å². The summed E-state index contributed by atoms with van der Waals surface area (Å²) in [6.07, 6.45) is -4.68. The maximum atomic E-state index is 13.3. The number of likely N-dealkylation sites (N-methyl/N-ethyl adjacent to an activating group) is 1. The summed E-state index contributed by atoms with van der Waals surface area (Å²) in [6.45, 7) is 2.61. The van der Waals surface area contributed by atoms with E-state index in [1.165, 1.54) is 0 Å². The number of rotatable bonds is 3. The van der Waals surface area contributed by atoms with Crippen molar-refractivity contribution in [2.24, 2.45) is 0 Å². The van der Waals surface area contributed by atoms with Gasteiger partial charge in [0.15, 0.2) is 5.69 Å². The molecule has 2 aromatic rings. The van der Waals surface area contributed by atoms with Gasteiger partial charge >= 0.3 is 6.18 Å². The molecule has 0 aliphatic carbocycles. The summed E-state index contributed by atoms with van der Waals surface area (Å²) in [6, 6.07) is 8.53. The van der Waals surface area contributed by atoms with Gasteiger partial charge in [-0.25, -0.2) is 9.99 Å². The summed E-state index contributed by atoms with van der Waals surface area (Å²) in [4.78, 5) is 17.8. The van der Waals surface area contributed by atoms with Crippen molar-refractivity contribution in [2.75, 3.05) is 33.2 Å². The number of thiazole rings is 1. The highest BCUT2D eigenvalue weighted by Gasteiger charge is 2.40. The second-order valence-electron chi connectivity index (χ2n) is 5.79. The van der Waals surface area contributed by atoms with Gasteiger partial charge in [0.25, 0.3) is 5.91 Å². The number of hydrazine groups is 1. The van der Waals surface area contributed by atoms with Gasteiger partial charge in [-0.15, -0.1) is 11.3 Å². The lowest BCUT2D eigenvalue weighted by Gasteiger charge is -2.32. The molecule has 0 atom stereocenters. The molecule has 1 aromatic carbocycles. The Labute approximate surface area is 147 Å². The molecule has 134 valence electrons. The van der Waals surface area contributed by atoms with Crippen molar-refractivity contribution in [3.63, 3.8) is 0 Å². The molecule has 9 heteroatoms. The summed E-state index contributed by atoms with van der Waals surface area (Å²) in [7, 11) is 1.95. The van der Waals surface area contributed by atoms with Gasteiger partial charge in [0.2, 0.25) is 0 Å². The molecule has 1 amide bonds. The first-order chi connectivity index (χ1) is 11.8. The molecule has 1 N–H and O–H groups in total. The van der Waals surface area contributed by atoms with E-state index >= 15 is 0 Å². The van der Waals surface area contributed by atoms with E-state index in [1.807, 2.05) is 7.05 Å². The average Bonchev–Trinajstić information content (AvgIpc) is 3.04. The predicted molar refractivity (Wildman–Crippen MR) is 89.1 cm³/mol. The van der Waals surface area contributed by atoms with E-state index in [2.05, 4.69) is 15.3 Å². The Kier molecular flexibility index (Phi) is 5.07. The summed E-state index contributed by atoms with van der Waals surface area (Å²) >= 11 is 0.756. The number of piperazine rings is 1. The van der Waals surface area contributed by atoms with Crippen molar-refractivity contribution in [3.8, 4) is 10.6 Å². The van der Waals surface area contributed by atoms with Crippen LogP contribution >= 0.6 is 11.3 Å². The van der Waals surface area contributed by atoms with Crippen molar-refractivity contribution >= 4 is 17.2 Å². The van der Waals surface area contributed by atoms with Crippen LogP contribution in [0.15, 0.2) is 30.3 Å². The Morgan fingerprint density at radius 3 is 2.40 bits per heavy atom. The molecule has 1 aromatic heterocycles. The van der Waals surface area contributed by atoms with Gasteiger partial charge in [0, 0.05) is 31.7 Å². The third kappa shape index (κ3) is 4.17. The van der Waals surface area contributed by atoms with Crippen LogP contribution in [0.4, 0.5) is 13.2 Å². The average molecular weight is 370 g/mol. The Bertz CT molecular complexity index is 740. The number of carbonyl (C=O) groups excluding carboxylic acids is 1.